The molecule has 1 heterocycles. The van der Waals surface area contributed by atoms with Crippen molar-refractivity contribution in [2.24, 2.45) is 0 Å². The van der Waals surface area contributed by atoms with Gasteiger partial charge in [0.2, 0.25) is 0 Å². The first-order chi connectivity index (χ1) is 10.7. The monoisotopic (exact) mass is 301 g/mol. The van der Waals surface area contributed by atoms with Crippen LogP contribution in [0.5, 0.6) is 5.75 Å². The summed E-state index contributed by atoms with van der Waals surface area (Å²) in [5.74, 6) is 5.77. The highest BCUT2D eigenvalue weighted by Crippen LogP contribution is 2.20. The smallest absolute Gasteiger partial charge is 0.295 e. The van der Waals surface area contributed by atoms with Crippen molar-refractivity contribution < 1.29 is 9.53 Å². The third kappa shape index (κ3) is 4.68. The van der Waals surface area contributed by atoms with Crippen LogP contribution in [0.15, 0.2) is 24.3 Å². The molecule has 0 bridgehead atoms. The van der Waals surface area contributed by atoms with E-state index in [0.717, 1.165) is 38.5 Å². The second-order valence-corrected chi connectivity index (χ2v) is 5.16. The third-order valence-corrected chi connectivity index (χ3v) is 3.76. The first kappa shape index (κ1) is 16.2. The van der Waals surface area contributed by atoms with Gasteiger partial charge in [0.05, 0.1) is 7.11 Å². The van der Waals surface area contributed by atoms with E-state index in [-0.39, 0.29) is 5.91 Å². The molecule has 1 aromatic rings. The SMILES string of the molecule is CC#CC(=O)NCCN1CCN(c2ccc(OC)cc2)CC1. The summed E-state index contributed by atoms with van der Waals surface area (Å²) < 4.78 is 5.18. The van der Waals surface area contributed by atoms with E-state index in [1.165, 1.54) is 5.69 Å². The first-order valence-electron chi connectivity index (χ1n) is 7.55. The van der Waals surface area contributed by atoms with Crippen molar-refractivity contribution in [1.82, 2.24) is 10.2 Å². The number of methoxy groups -OCH3 is 1. The fourth-order valence-electron chi connectivity index (χ4n) is 2.51. The average molecular weight is 301 g/mol. The topological polar surface area (TPSA) is 44.8 Å². The zero-order valence-corrected chi connectivity index (χ0v) is 13.3. The van der Waals surface area contributed by atoms with Gasteiger partial charge in [-0.05, 0) is 37.1 Å². The van der Waals surface area contributed by atoms with Gasteiger partial charge in [-0.1, -0.05) is 5.92 Å². The molecule has 1 saturated heterocycles. The Hall–Kier alpha value is -2.19. The third-order valence-electron chi connectivity index (χ3n) is 3.76. The van der Waals surface area contributed by atoms with Crippen LogP contribution in [0.2, 0.25) is 0 Å². The van der Waals surface area contributed by atoms with Crippen molar-refractivity contribution >= 4 is 11.6 Å². The van der Waals surface area contributed by atoms with E-state index >= 15 is 0 Å². The second kappa shape index (κ2) is 8.30. The Morgan fingerprint density at radius 1 is 1.23 bits per heavy atom. The van der Waals surface area contributed by atoms with Crippen molar-refractivity contribution in [3.05, 3.63) is 24.3 Å². The summed E-state index contributed by atoms with van der Waals surface area (Å²) in [6.07, 6.45) is 0. The van der Waals surface area contributed by atoms with Gasteiger partial charge in [0.25, 0.3) is 5.91 Å². The van der Waals surface area contributed by atoms with Crippen LogP contribution in [0.25, 0.3) is 0 Å². The van der Waals surface area contributed by atoms with Crippen LogP contribution in [0.3, 0.4) is 0 Å². The maximum Gasteiger partial charge on any atom is 0.295 e. The van der Waals surface area contributed by atoms with Gasteiger partial charge in [-0.2, -0.15) is 0 Å². The molecule has 2 rings (SSSR count). The quantitative estimate of drug-likeness (QED) is 0.823. The first-order valence-corrected chi connectivity index (χ1v) is 7.55. The van der Waals surface area contributed by atoms with Gasteiger partial charge in [-0.25, -0.2) is 0 Å². The standard InChI is InChI=1S/C17H23N3O2/c1-3-4-17(21)18-9-10-19-11-13-20(14-12-19)15-5-7-16(22-2)8-6-15/h5-8H,9-14H2,1-2H3,(H,18,21). The lowest BCUT2D eigenvalue weighted by Gasteiger charge is -2.36. The largest absolute Gasteiger partial charge is 0.497 e. The van der Waals surface area contributed by atoms with Crippen molar-refractivity contribution in [2.45, 2.75) is 6.92 Å². The van der Waals surface area contributed by atoms with Crippen LogP contribution in [0.4, 0.5) is 5.69 Å². The summed E-state index contributed by atoms with van der Waals surface area (Å²) in [4.78, 5) is 16.0. The Labute approximate surface area is 132 Å². The van der Waals surface area contributed by atoms with Crippen molar-refractivity contribution in [2.75, 3.05) is 51.3 Å². The van der Waals surface area contributed by atoms with Crippen molar-refractivity contribution in [1.29, 1.82) is 0 Å². The highest BCUT2D eigenvalue weighted by Gasteiger charge is 2.16. The van der Waals surface area contributed by atoms with Crippen LogP contribution in [-0.4, -0.2) is 57.2 Å². The summed E-state index contributed by atoms with van der Waals surface area (Å²) in [6, 6.07) is 8.17. The summed E-state index contributed by atoms with van der Waals surface area (Å²) in [5, 5.41) is 2.80. The van der Waals surface area contributed by atoms with Crippen LogP contribution < -0.4 is 15.0 Å². The van der Waals surface area contributed by atoms with Gasteiger partial charge in [0.1, 0.15) is 5.75 Å². The van der Waals surface area contributed by atoms with Crippen molar-refractivity contribution in [3.63, 3.8) is 0 Å². The molecule has 118 valence electrons. The number of amides is 1. The molecule has 0 atom stereocenters. The number of anilines is 1. The Morgan fingerprint density at radius 3 is 2.50 bits per heavy atom. The number of benzene rings is 1. The number of nitrogens with zero attached hydrogens (tertiary/aromatic N) is 2. The zero-order valence-electron chi connectivity index (χ0n) is 13.3. The number of rotatable bonds is 5. The van der Waals surface area contributed by atoms with E-state index < -0.39 is 0 Å². The number of carbonyl (C=O) groups excluding carboxylic acids is 1. The fourth-order valence-corrected chi connectivity index (χ4v) is 2.51. The van der Waals surface area contributed by atoms with E-state index in [9.17, 15) is 4.79 Å². The van der Waals surface area contributed by atoms with Crippen LogP contribution >= 0.6 is 0 Å². The highest BCUT2D eigenvalue weighted by molar-refractivity contribution is 5.93. The normalized spacial score (nSPS) is 14.9. The molecule has 5 heteroatoms. The number of carbonyl (C=O) groups is 1. The van der Waals surface area contributed by atoms with Crippen molar-refractivity contribution in [3.8, 4) is 17.6 Å². The minimum Gasteiger partial charge on any atom is -0.497 e. The molecule has 1 aliphatic heterocycles. The van der Waals surface area contributed by atoms with Gasteiger partial charge in [-0.3, -0.25) is 9.69 Å². The van der Waals surface area contributed by atoms with Crippen LogP contribution in [-0.2, 0) is 4.79 Å². The molecular formula is C17H23N3O2. The molecule has 0 spiro atoms. The predicted molar refractivity (Wildman–Crippen MR) is 88.1 cm³/mol. The Balaban J connectivity index is 1.72. The molecule has 0 unspecified atom stereocenters. The van der Waals surface area contributed by atoms with E-state index in [2.05, 4.69) is 39.1 Å². The van der Waals surface area contributed by atoms with Crippen LogP contribution in [0, 0.1) is 11.8 Å². The fraction of sp³-hybridized carbons (Fsp3) is 0.471. The van der Waals surface area contributed by atoms with Gasteiger partial charge >= 0.3 is 0 Å². The van der Waals surface area contributed by atoms with Gasteiger partial charge in [0, 0.05) is 45.0 Å². The Morgan fingerprint density at radius 2 is 1.91 bits per heavy atom. The molecule has 22 heavy (non-hydrogen) atoms. The molecule has 1 amide bonds. The summed E-state index contributed by atoms with van der Waals surface area (Å²) in [5.41, 5.74) is 1.23. The Kier molecular flexibility index (Phi) is 6.11. The predicted octanol–water partition coefficient (Wildman–Crippen LogP) is 0.957. The Bertz CT molecular complexity index is 537. The van der Waals surface area contributed by atoms with E-state index in [0.29, 0.717) is 6.54 Å². The molecule has 0 aliphatic carbocycles. The molecule has 0 radical (unpaired) electrons. The zero-order chi connectivity index (χ0) is 15.8. The second-order valence-electron chi connectivity index (χ2n) is 5.16. The molecule has 1 aliphatic rings. The maximum atomic E-state index is 11.3. The molecule has 1 aromatic carbocycles. The molecule has 5 nitrogen and oxygen atoms in total. The average Bonchev–Trinajstić information content (AvgIpc) is 2.56. The lowest BCUT2D eigenvalue weighted by atomic mass is 10.2. The van der Waals surface area contributed by atoms with Gasteiger partial charge < -0.3 is 15.0 Å². The van der Waals surface area contributed by atoms with Gasteiger partial charge in [-0.15, -0.1) is 0 Å². The number of ether oxygens (including phenoxy) is 1. The minimum absolute atomic E-state index is 0.195. The van der Waals surface area contributed by atoms with Crippen LogP contribution in [0.1, 0.15) is 6.92 Å². The maximum absolute atomic E-state index is 11.3. The summed E-state index contributed by atoms with van der Waals surface area (Å²) in [7, 11) is 1.68. The molecule has 1 N–H and O–H groups in total. The number of nitrogens with one attached hydrogen (secondary N) is 1. The van der Waals surface area contributed by atoms with E-state index in [1.54, 1.807) is 14.0 Å². The summed E-state index contributed by atoms with van der Waals surface area (Å²) in [6.45, 7) is 7.18. The lowest BCUT2D eigenvalue weighted by molar-refractivity contribution is -0.115. The van der Waals surface area contributed by atoms with E-state index in [1.807, 2.05) is 12.1 Å². The molecule has 0 saturated carbocycles. The summed E-state index contributed by atoms with van der Waals surface area (Å²) >= 11 is 0. The lowest BCUT2D eigenvalue weighted by Crippen LogP contribution is -2.48. The number of hydrogen-bond donors (Lipinski definition) is 1. The van der Waals surface area contributed by atoms with E-state index in [4.69, 9.17) is 4.74 Å². The molecule has 0 aromatic heterocycles. The number of piperazine rings is 1. The highest BCUT2D eigenvalue weighted by atomic mass is 16.5. The van der Waals surface area contributed by atoms with Gasteiger partial charge in [0.15, 0.2) is 0 Å². The number of hydrogen-bond acceptors (Lipinski definition) is 4. The minimum atomic E-state index is -0.195. The molecule has 1 fully saturated rings. The molecular weight excluding hydrogens is 278 g/mol.